The molecule has 3 nitrogen and oxygen atoms in total. The SMILES string of the molecule is N#Cc1ccnc(OCC(F)(F)F)c1. The van der Waals surface area contributed by atoms with Crippen molar-refractivity contribution in [3.8, 4) is 11.9 Å². The molecule has 0 unspecified atom stereocenters. The number of aromatic nitrogens is 1. The molecule has 1 aromatic heterocycles. The molecule has 0 aliphatic rings. The molecule has 0 spiro atoms. The van der Waals surface area contributed by atoms with Gasteiger partial charge >= 0.3 is 6.18 Å². The summed E-state index contributed by atoms with van der Waals surface area (Å²) in [5.74, 6) is -0.207. The average Bonchev–Trinajstić information content (AvgIpc) is 2.14. The van der Waals surface area contributed by atoms with Gasteiger partial charge in [-0.15, -0.1) is 0 Å². The Morgan fingerprint density at radius 1 is 1.50 bits per heavy atom. The van der Waals surface area contributed by atoms with E-state index in [1.165, 1.54) is 12.3 Å². The van der Waals surface area contributed by atoms with Gasteiger partial charge in [0.2, 0.25) is 5.88 Å². The average molecular weight is 202 g/mol. The number of pyridine rings is 1. The van der Waals surface area contributed by atoms with Crippen molar-refractivity contribution in [1.29, 1.82) is 5.26 Å². The molecular formula is C8H5F3N2O. The van der Waals surface area contributed by atoms with Crippen LogP contribution in [0.25, 0.3) is 0 Å². The van der Waals surface area contributed by atoms with Crippen molar-refractivity contribution in [2.75, 3.05) is 6.61 Å². The predicted octanol–water partition coefficient (Wildman–Crippen LogP) is 1.89. The standard InChI is InChI=1S/C8H5F3N2O/c9-8(10,11)5-14-7-3-6(4-12)1-2-13-7/h1-3H,5H2. The normalized spacial score (nSPS) is 10.7. The first-order chi connectivity index (χ1) is 6.51. The molecule has 0 N–H and O–H groups in total. The molecule has 0 aliphatic heterocycles. The van der Waals surface area contributed by atoms with Crippen LogP contribution in [0.3, 0.4) is 0 Å². The Hall–Kier alpha value is -1.77. The van der Waals surface area contributed by atoms with Gasteiger partial charge in [0.15, 0.2) is 6.61 Å². The molecule has 0 saturated carbocycles. The molecule has 14 heavy (non-hydrogen) atoms. The maximum atomic E-state index is 11.7. The van der Waals surface area contributed by atoms with Gasteiger partial charge in [-0.3, -0.25) is 0 Å². The van der Waals surface area contributed by atoms with Crippen LogP contribution in [-0.4, -0.2) is 17.8 Å². The van der Waals surface area contributed by atoms with Gasteiger partial charge in [-0.1, -0.05) is 0 Å². The highest BCUT2D eigenvalue weighted by molar-refractivity contribution is 5.31. The van der Waals surface area contributed by atoms with Crippen LogP contribution in [-0.2, 0) is 0 Å². The van der Waals surface area contributed by atoms with Gasteiger partial charge in [0.1, 0.15) is 0 Å². The second kappa shape index (κ2) is 3.96. The van der Waals surface area contributed by atoms with Gasteiger partial charge in [0.05, 0.1) is 11.6 Å². The highest BCUT2D eigenvalue weighted by Gasteiger charge is 2.28. The van der Waals surface area contributed by atoms with Crippen molar-refractivity contribution >= 4 is 0 Å². The quantitative estimate of drug-likeness (QED) is 0.735. The number of rotatable bonds is 2. The van der Waals surface area contributed by atoms with E-state index in [-0.39, 0.29) is 11.4 Å². The van der Waals surface area contributed by atoms with E-state index in [0.29, 0.717) is 0 Å². The summed E-state index contributed by atoms with van der Waals surface area (Å²) in [4.78, 5) is 3.52. The molecule has 0 bridgehead atoms. The number of halogens is 3. The highest BCUT2D eigenvalue weighted by Crippen LogP contribution is 2.17. The van der Waals surface area contributed by atoms with Gasteiger partial charge in [-0.05, 0) is 6.07 Å². The van der Waals surface area contributed by atoms with E-state index in [0.717, 1.165) is 6.07 Å². The van der Waals surface area contributed by atoms with E-state index in [1.807, 2.05) is 0 Å². The molecule has 1 heterocycles. The van der Waals surface area contributed by atoms with Crippen LogP contribution in [0.5, 0.6) is 5.88 Å². The molecule has 0 saturated heterocycles. The summed E-state index contributed by atoms with van der Waals surface area (Å²) in [5.41, 5.74) is 0.206. The number of nitrogens with zero attached hydrogens (tertiary/aromatic N) is 2. The summed E-state index contributed by atoms with van der Waals surface area (Å²) >= 11 is 0. The Bertz CT molecular complexity index is 356. The van der Waals surface area contributed by atoms with E-state index in [1.54, 1.807) is 6.07 Å². The van der Waals surface area contributed by atoms with E-state index >= 15 is 0 Å². The van der Waals surface area contributed by atoms with Gasteiger partial charge in [0.25, 0.3) is 0 Å². The minimum atomic E-state index is -4.40. The molecule has 0 fully saturated rings. The first-order valence-corrected chi connectivity index (χ1v) is 3.57. The lowest BCUT2D eigenvalue weighted by Crippen LogP contribution is -2.19. The topological polar surface area (TPSA) is 45.9 Å². The number of ether oxygens (including phenoxy) is 1. The molecule has 0 amide bonds. The van der Waals surface area contributed by atoms with Crippen molar-refractivity contribution in [3.05, 3.63) is 23.9 Å². The zero-order valence-corrected chi connectivity index (χ0v) is 6.88. The third-order valence-electron chi connectivity index (χ3n) is 1.25. The fourth-order valence-electron chi connectivity index (χ4n) is 0.714. The van der Waals surface area contributed by atoms with E-state index < -0.39 is 12.8 Å². The first kappa shape index (κ1) is 10.3. The summed E-state index contributed by atoms with van der Waals surface area (Å²) in [7, 11) is 0. The van der Waals surface area contributed by atoms with Crippen LogP contribution >= 0.6 is 0 Å². The van der Waals surface area contributed by atoms with Crippen LogP contribution in [0.4, 0.5) is 13.2 Å². The number of hydrogen-bond donors (Lipinski definition) is 0. The third-order valence-corrected chi connectivity index (χ3v) is 1.25. The van der Waals surface area contributed by atoms with Gasteiger partial charge < -0.3 is 4.74 Å². The second-order valence-electron chi connectivity index (χ2n) is 2.40. The van der Waals surface area contributed by atoms with Gasteiger partial charge in [-0.2, -0.15) is 18.4 Å². The van der Waals surface area contributed by atoms with Crippen molar-refractivity contribution in [1.82, 2.24) is 4.98 Å². The van der Waals surface area contributed by atoms with Crippen molar-refractivity contribution in [3.63, 3.8) is 0 Å². The van der Waals surface area contributed by atoms with Crippen molar-refractivity contribution < 1.29 is 17.9 Å². The van der Waals surface area contributed by atoms with E-state index in [4.69, 9.17) is 5.26 Å². The third kappa shape index (κ3) is 3.31. The van der Waals surface area contributed by atoms with Gasteiger partial charge in [-0.25, -0.2) is 4.98 Å². The summed E-state index contributed by atoms with van der Waals surface area (Å²) < 4.78 is 39.4. The molecule has 0 aliphatic carbocycles. The van der Waals surface area contributed by atoms with Crippen LogP contribution in [0.15, 0.2) is 18.3 Å². The molecule has 0 aromatic carbocycles. The molecule has 6 heteroatoms. The largest absolute Gasteiger partial charge is 0.468 e. The summed E-state index contributed by atoms with van der Waals surface area (Å²) in [5, 5.41) is 8.43. The fraction of sp³-hybridized carbons (Fsp3) is 0.250. The lowest BCUT2D eigenvalue weighted by molar-refractivity contribution is -0.154. The van der Waals surface area contributed by atoms with Crippen LogP contribution in [0.1, 0.15) is 5.56 Å². The number of alkyl halides is 3. The lowest BCUT2D eigenvalue weighted by atomic mass is 10.3. The zero-order valence-electron chi connectivity index (χ0n) is 6.88. The van der Waals surface area contributed by atoms with E-state index in [2.05, 4.69) is 9.72 Å². The summed E-state index contributed by atoms with van der Waals surface area (Å²) in [6.45, 7) is -1.41. The Balaban J connectivity index is 2.65. The smallest absolute Gasteiger partial charge is 0.422 e. The molecule has 74 valence electrons. The summed E-state index contributed by atoms with van der Waals surface area (Å²) in [6, 6.07) is 4.28. The monoisotopic (exact) mass is 202 g/mol. The zero-order chi connectivity index (χ0) is 10.6. The van der Waals surface area contributed by atoms with Crippen molar-refractivity contribution in [2.24, 2.45) is 0 Å². The maximum Gasteiger partial charge on any atom is 0.422 e. The second-order valence-corrected chi connectivity index (χ2v) is 2.40. The van der Waals surface area contributed by atoms with Crippen molar-refractivity contribution in [2.45, 2.75) is 6.18 Å². The molecule has 1 rings (SSSR count). The van der Waals surface area contributed by atoms with E-state index in [9.17, 15) is 13.2 Å². The maximum absolute atomic E-state index is 11.7. The predicted molar refractivity (Wildman–Crippen MR) is 40.5 cm³/mol. The first-order valence-electron chi connectivity index (χ1n) is 3.57. The van der Waals surface area contributed by atoms with Gasteiger partial charge in [0, 0.05) is 12.3 Å². The Labute approximate surface area is 77.7 Å². The lowest BCUT2D eigenvalue weighted by Gasteiger charge is -2.07. The van der Waals surface area contributed by atoms with Crippen LogP contribution < -0.4 is 4.74 Å². The molecule has 0 radical (unpaired) electrons. The Morgan fingerprint density at radius 2 is 2.21 bits per heavy atom. The minimum absolute atomic E-state index is 0.206. The molecular weight excluding hydrogens is 197 g/mol. The fourth-order valence-corrected chi connectivity index (χ4v) is 0.714. The van der Waals surface area contributed by atoms with Crippen LogP contribution in [0, 0.1) is 11.3 Å². The molecule has 1 aromatic rings. The highest BCUT2D eigenvalue weighted by atomic mass is 19.4. The molecule has 0 atom stereocenters. The van der Waals surface area contributed by atoms with Crippen LogP contribution in [0.2, 0.25) is 0 Å². The number of nitriles is 1. The number of hydrogen-bond acceptors (Lipinski definition) is 3. The minimum Gasteiger partial charge on any atom is -0.468 e. The summed E-state index contributed by atoms with van der Waals surface area (Å²) in [6.07, 6.45) is -3.19. The Kier molecular flexibility index (Phi) is 2.92. The Morgan fingerprint density at radius 3 is 2.79 bits per heavy atom.